The van der Waals surface area contributed by atoms with Crippen LogP contribution >= 0.6 is 0 Å². The molecule has 0 N–H and O–H groups in total. The van der Waals surface area contributed by atoms with E-state index in [1.165, 1.54) is 43.6 Å². The van der Waals surface area contributed by atoms with Crippen LogP contribution in [0.3, 0.4) is 0 Å². The summed E-state index contributed by atoms with van der Waals surface area (Å²) in [5.74, 6) is 0. The van der Waals surface area contributed by atoms with Crippen LogP contribution in [0, 0.1) is 13.8 Å². The molecule has 0 unspecified atom stereocenters. The minimum atomic E-state index is 0.946. The molecule has 0 fully saturated rings. The van der Waals surface area contributed by atoms with Crippen molar-refractivity contribution in [2.24, 2.45) is 7.05 Å². The maximum Gasteiger partial charge on any atom is 0.216 e. The maximum atomic E-state index is 6.89. The zero-order valence-corrected chi connectivity index (χ0v) is 20.7. The second-order valence-corrected chi connectivity index (χ2v) is 9.76. The Morgan fingerprint density at radius 2 is 1.31 bits per heavy atom. The van der Waals surface area contributed by atoms with E-state index < -0.39 is 0 Å². The predicted octanol–water partition coefficient (Wildman–Crippen LogP) is 8.67. The van der Waals surface area contributed by atoms with Crippen LogP contribution in [0.2, 0.25) is 0 Å². The lowest BCUT2D eigenvalue weighted by Crippen LogP contribution is -2.30. The average molecular weight is 465 g/mol. The zero-order chi connectivity index (χ0) is 24.4. The van der Waals surface area contributed by atoms with Gasteiger partial charge < -0.3 is 4.42 Å². The van der Waals surface area contributed by atoms with Gasteiger partial charge in [-0.3, -0.25) is 0 Å². The Balaban J connectivity index is 1.62. The molecule has 2 aromatic heterocycles. The number of hydrogen-bond acceptors (Lipinski definition) is 1. The van der Waals surface area contributed by atoms with Gasteiger partial charge in [0.2, 0.25) is 5.69 Å². The maximum absolute atomic E-state index is 6.89. The Kier molecular flexibility index (Phi) is 4.52. The summed E-state index contributed by atoms with van der Waals surface area (Å²) in [6.07, 6.45) is 2.09. The molecule has 7 rings (SSSR count). The molecule has 2 heterocycles. The molecular weight excluding hydrogens is 438 g/mol. The van der Waals surface area contributed by atoms with Crippen LogP contribution in [0.1, 0.15) is 11.1 Å². The Labute approximate surface area is 210 Å². The highest BCUT2D eigenvalue weighted by molar-refractivity contribution is 6.19. The first-order valence-corrected chi connectivity index (χ1v) is 12.4. The van der Waals surface area contributed by atoms with Crippen LogP contribution in [0.15, 0.2) is 108 Å². The van der Waals surface area contributed by atoms with E-state index in [2.05, 4.69) is 129 Å². The van der Waals surface area contributed by atoms with Crippen molar-refractivity contribution < 1.29 is 8.98 Å². The third-order valence-electron chi connectivity index (χ3n) is 7.53. The average Bonchev–Trinajstić information content (AvgIpc) is 3.29. The Bertz CT molecular complexity index is 1980. The third-order valence-corrected chi connectivity index (χ3v) is 7.53. The molecule has 0 atom stereocenters. The van der Waals surface area contributed by atoms with E-state index in [1.54, 1.807) is 0 Å². The van der Waals surface area contributed by atoms with Gasteiger partial charge in [-0.2, -0.15) is 0 Å². The van der Waals surface area contributed by atoms with Gasteiger partial charge >= 0.3 is 0 Å². The van der Waals surface area contributed by atoms with Crippen molar-refractivity contribution in [1.29, 1.82) is 0 Å². The lowest BCUT2D eigenvalue weighted by molar-refractivity contribution is -0.660. The Morgan fingerprint density at radius 1 is 0.583 bits per heavy atom. The van der Waals surface area contributed by atoms with Crippen molar-refractivity contribution in [3.8, 4) is 22.4 Å². The molecule has 0 amide bonds. The van der Waals surface area contributed by atoms with Gasteiger partial charge in [-0.25, -0.2) is 4.57 Å². The zero-order valence-electron chi connectivity index (χ0n) is 20.7. The van der Waals surface area contributed by atoms with Crippen LogP contribution in [0.5, 0.6) is 0 Å². The van der Waals surface area contributed by atoms with Gasteiger partial charge in [0.15, 0.2) is 6.20 Å². The molecule has 5 aromatic carbocycles. The molecule has 0 saturated heterocycles. The first-order chi connectivity index (χ1) is 17.6. The molecule has 0 aliphatic carbocycles. The molecule has 2 heteroatoms. The minimum Gasteiger partial charge on any atom is -0.454 e. The second kappa shape index (κ2) is 7.79. The van der Waals surface area contributed by atoms with E-state index in [0.29, 0.717) is 0 Å². The fourth-order valence-corrected chi connectivity index (χ4v) is 5.93. The van der Waals surface area contributed by atoms with E-state index in [9.17, 15) is 0 Å². The highest BCUT2D eigenvalue weighted by atomic mass is 16.3. The van der Waals surface area contributed by atoms with Crippen LogP contribution in [-0.4, -0.2) is 0 Å². The van der Waals surface area contributed by atoms with Crippen molar-refractivity contribution in [3.63, 3.8) is 0 Å². The highest BCUT2D eigenvalue weighted by Gasteiger charge is 2.23. The largest absolute Gasteiger partial charge is 0.454 e. The number of rotatable bonds is 2. The van der Waals surface area contributed by atoms with Crippen molar-refractivity contribution in [2.45, 2.75) is 13.8 Å². The normalized spacial score (nSPS) is 11.8. The van der Waals surface area contributed by atoms with Gasteiger partial charge in [0.1, 0.15) is 18.2 Å². The van der Waals surface area contributed by atoms with Crippen molar-refractivity contribution in [2.75, 3.05) is 0 Å². The third kappa shape index (κ3) is 2.94. The van der Waals surface area contributed by atoms with Gasteiger partial charge in [0.05, 0.1) is 5.56 Å². The van der Waals surface area contributed by atoms with Crippen LogP contribution < -0.4 is 4.57 Å². The summed E-state index contributed by atoms with van der Waals surface area (Å²) in [7, 11) is 2.09. The smallest absolute Gasteiger partial charge is 0.216 e. The molecule has 2 nitrogen and oxygen atoms in total. The molecule has 172 valence electrons. The van der Waals surface area contributed by atoms with Crippen molar-refractivity contribution >= 4 is 43.5 Å². The summed E-state index contributed by atoms with van der Waals surface area (Å²) in [5.41, 5.74) is 9.01. The Morgan fingerprint density at radius 3 is 2.14 bits per heavy atom. The molecule has 0 radical (unpaired) electrons. The lowest BCUT2D eigenvalue weighted by Gasteiger charge is -2.11. The molecule has 7 aromatic rings. The number of hydrogen-bond donors (Lipinski definition) is 0. The molecule has 36 heavy (non-hydrogen) atoms. The number of fused-ring (bicyclic) bond motifs is 6. The summed E-state index contributed by atoms with van der Waals surface area (Å²) >= 11 is 0. The minimum absolute atomic E-state index is 0.946. The summed E-state index contributed by atoms with van der Waals surface area (Å²) < 4.78 is 9.06. The molecule has 0 aliphatic rings. The van der Waals surface area contributed by atoms with Crippen molar-refractivity contribution in [3.05, 3.63) is 114 Å². The first-order valence-electron chi connectivity index (χ1n) is 12.4. The van der Waals surface area contributed by atoms with E-state index in [0.717, 1.165) is 33.4 Å². The predicted molar refractivity (Wildman–Crippen MR) is 150 cm³/mol. The number of aryl methyl sites for hydroxylation is 3. The summed E-state index contributed by atoms with van der Waals surface area (Å²) in [4.78, 5) is 0. The number of nitrogens with zero attached hydrogens (tertiary/aromatic N) is 1. The fourth-order valence-electron chi connectivity index (χ4n) is 5.93. The highest BCUT2D eigenvalue weighted by Crippen LogP contribution is 2.44. The molecule has 0 saturated carbocycles. The quantitative estimate of drug-likeness (QED) is 0.185. The molecule has 0 bridgehead atoms. The second-order valence-electron chi connectivity index (χ2n) is 9.76. The van der Waals surface area contributed by atoms with Gasteiger partial charge in [-0.15, -0.1) is 0 Å². The van der Waals surface area contributed by atoms with Crippen LogP contribution in [-0.2, 0) is 7.05 Å². The van der Waals surface area contributed by atoms with Gasteiger partial charge in [0, 0.05) is 28.5 Å². The Hall–Kier alpha value is -4.43. The summed E-state index contributed by atoms with van der Waals surface area (Å²) in [5, 5.41) is 7.38. The standard InChI is InChI=1S/C34H26NO/c1-21-19-22(2)32(30-17-8-9-18-35(30)3)34-31(21)28-16-10-15-27(33(28)36-34)29-20-23-11-4-5-12-24(23)25-13-6-7-14-26(25)29/h4-20H,1-3H3/q+1. The lowest BCUT2D eigenvalue weighted by atomic mass is 9.92. The number of aromatic nitrogens is 1. The number of pyridine rings is 1. The molecular formula is C34H26NO+. The van der Waals surface area contributed by atoms with Gasteiger partial charge in [-0.1, -0.05) is 72.8 Å². The number of furan rings is 1. The van der Waals surface area contributed by atoms with Crippen LogP contribution in [0.25, 0.3) is 65.9 Å². The fraction of sp³-hybridized carbons (Fsp3) is 0.0882. The first kappa shape index (κ1) is 20.9. The van der Waals surface area contributed by atoms with E-state index in [-0.39, 0.29) is 0 Å². The number of para-hydroxylation sites is 1. The number of benzene rings is 5. The monoisotopic (exact) mass is 464 g/mol. The summed E-state index contributed by atoms with van der Waals surface area (Å²) in [6, 6.07) is 34.8. The molecule has 0 aliphatic heterocycles. The van der Waals surface area contributed by atoms with E-state index >= 15 is 0 Å². The van der Waals surface area contributed by atoms with Crippen molar-refractivity contribution in [1.82, 2.24) is 0 Å². The molecule has 0 spiro atoms. The van der Waals surface area contributed by atoms with Crippen LogP contribution in [0.4, 0.5) is 0 Å². The topological polar surface area (TPSA) is 17.0 Å². The van der Waals surface area contributed by atoms with E-state index in [4.69, 9.17) is 4.42 Å². The van der Waals surface area contributed by atoms with Gasteiger partial charge in [0.25, 0.3) is 0 Å². The van der Waals surface area contributed by atoms with E-state index in [1.807, 2.05) is 0 Å². The SMILES string of the molecule is Cc1cc(C)c2c(oc3c(-c4cc5ccccc5c5ccccc45)cccc32)c1-c1cccc[n+]1C. The summed E-state index contributed by atoms with van der Waals surface area (Å²) in [6.45, 7) is 4.37. The van der Waals surface area contributed by atoms with Gasteiger partial charge in [-0.05, 0) is 64.2 Å².